The molecule has 0 unspecified atom stereocenters. The van der Waals surface area contributed by atoms with Crippen molar-refractivity contribution in [1.29, 1.82) is 5.26 Å². The Kier molecular flexibility index (Phi) is 3.28. The Morgan fingerprint density at radius 2 is 1.57 bits per heavy atom. The fourth-order valence-electron chi connectivity index (χ4n) is 1.10. The molecule has 0 aliphatic rings. The van der Waals surface area contributed by atoms with Crippen LogP contribution in [0.5, 0.6) is 0 Å². The summed E-state index contributed by atoms with van der Waals surface area (Å²) in [5, 5.41) is 44.1. The van der Waals surface area contributed by atoms with Crippen LogP contribution in [0, 0.1) is 11.3 Å². The molecule has 1 rings (SSSR count). The van der Waals surface area contributed by atoms with Crippen LogP contribution in [0.2, 0.25) is 0 Å². The molecule has 0 heterocycles. The Balaban J connectivity index is 3.26. The van der Waals surface area contributed by atoms with Gasteiger partial charge in [-0.05, 0) is 23.1 Å². The van der Waals surface area contributed by atoms with E-state index in [-0.39, 0.29) is 16.5 Å². The molecule has 0 spiro atoms. The lowest BCUT2D eigenvalue weighted by atomic mass is 9.65. The van der Waals surface area contributed by atoms with E-state index in [0.717, 1.165) is 0 Å². The fourth-order valence-corrected chi connectivity index (χ4v) is 1.10. The first-order valence-corrected chi connectivity index (χ1v) is 3.82. The van der Waals surface area contributed by atoms with Crippen molar-refractivity contribution in [3.05, 3.63) is 23.8 Å². The minimum atomic E-state index is -1.83. The summed E-state index contributed by atoms with van der Waals surface area (Å²) in [6, 6.07) is 5.62. The van der Waals surface area contributed by atoms with Crippen LogP contribution < -0.4 is 10.9 Å². The zero-order valence-corrected chi connectivity index (χ0v) is 7.12. The molecule has 0 aromatic heterocycles. The molecule has 0 aliphatic heterocycles. The van der Waals surface area contributed by atoms with Crippen molar-refractivity contribution in [1.82, 2.24) is 0 Å². The molecule has 14 heavy (non-hydrogen) atoms. The van der Waals surface area contributed by atoms with E-state index in [2.05, 4.69) is 0 Å². The summed E-state index contributed by atoms with van der Waals surface area (Å²) in [6.07, 6.45) is 0. The van der Waals surface area contributed by atoms with Gasteiger partial charge in [-0.2, -0.15) is 5.26 Å². The third-order valence-electron chi connectivity index (χ3n) is 1.77. The molecule has 1 aromatic carbocycles. The van der Waals surface area contributed by atoms with E-state index in [4.69, 9.17) is 25.4 Å². The molecule has 7 heteroatoms. The van der Waals surface area contributed by atoms with Crippen LogP contribution in [0.25, 0.3) is 0 Å². The van der Waals surface area contributed by atoms with Crippen molar-refractivity contribution < 1.29 is 20.1 Å². The number of rotatable bonds is 2. The van der Waals surface area contributed by atoms with Gasteiger partial charge in [0.2, 0.25) is 0 Å². The normalized spacial score (nSPS) is 9.36. The Morgan fingerprint density at radius 1 is 1.00 bits per heavy atom. The van der Waals surface area contributed by atoms with Gasteiger partial charge in [0, 0.05) is 0 Å². The van der Waals surface area contributed by atoms with E-state index in [1.165, 1.54) is 18.2 Å². The van der Waals surface area contributed by atoms with E-state index in [9.17, 15) is 0 Å². The quantitative estimate of drug-likeness (QED) is 0.371. The van der Waals surface area contributed by atoms with Gasteiger partial charge in [0.25, 0.3) is 0 Å². The largest absolute Gasteiger partial charge is 0.488 e. The first-order valence-electron chi connectivity index (χ1n) is 3.82. The molecule has 70 valence electrons. The first-order chi connectivity index (χ1) is 6.56. The van der Waals surface area contributed by atoms with E-state index in [0.29, 0.717) is 0 Å². The summed E-state index contributed by atoms with van der Waals surface area (Å²) in [5.74, 6) is 0. The van der Waals surface area contributed by atoms with Gasteiger partial charge in [-0.1, -0.05) is 6.07 Å². The molecular weight excluding hydrogens is 184 g/mol. The summed E-state index contributed by atoms with van der Waals surface area (Å²) < 4.78 is 0. The third kappa shape index (κ3) is 2.13. The first kappa shape index (κ1) is 10.8. The van der Waals surface area contributed by atoms with Crippen LogP contribution in [0.15, 0.2) is 18.2 Å². The molecule has 5 nitrogen and oxygen atoms in total. The van der Waals surface area contributed by atoms with Gasteiger partial charge in [0.15, 0.2) is 0 Å². The Bertz CT molecular complexity index is 374. The highest BCUT2D eigenvalue weighted by Gasteiger charge is 2.23. The van der Waals surface area contributed by atoms with E-state index in [1.54, 1.807) is 6.07 Å². The van der Waals surface area contributed by atoms with Crippen molar-refractivity contribution in [2.75, 3.05) is 0 Å². The van der Waals surface area contributed by atoms with Crippen molar-refractivity contribution in [3.8, 4) is 6.07 Å². The molecule has 0 amide bonds. The number of hydrogen-bond donors (Lipinski definition) is 4. The molecule has 0 aliphatic carbocycles. The van der Waals surface area contributed by atoms with Crippen LogP contribution in [0.4, 0.5) is 0 Å². The molecule has 0 radical (unpaired) electrons. The molecular formula is C7H7B2NO4. The SMILES string of the molecule is N#Cc1ccc(B(O)O)c(B(O)O)c1. The monoisotopic (exact) mass is 191 g/mol. The van der Waals surface area contributed by atoms with Crippen molar-refractivity contribution in [2.24, 2.45) is 0 Å². The summed E-state index contributed by atoms with van der Waals surface area (Å²) in [7, 11) is -3.63. The minimum Gasteiger partial charge on any atom is -0.423 e. The molecule has 1 aromatic rings. The summed E-state index contributed by atoms with van der Waals surface area (Å²) >= 11 is 0. The third-order valence-corrected chi connectivity index (χ3v) is 1.77. The topological polar surface area (TPSA) is 105 Å². The maximum Gasteiger partial charge on any atom is 0.488 e. The molecule has 0 atom stereocenters. The van der Waals surface area contributed by atoms with Crippen LogP contribution in [0.1, 0.15) is 5.56 Å². The lowest BCUT2D eigenvalue weighted by molar-refractivity contribution is 0.419. The van der Waals surface area contributed by atoms with Crippen LogP contribution >= 0.6 is 0 Å². The molecule has 4 N–H and O–H groups in total. The van der Waals surface area contributed by atoms with Crippen LogP contribution in [-0.2, 0) is 0 Å². The summed E-state index contributed by atoms with van der Waals surface area (Å²) in [5.41, 5.74) is 0.107. The van der Waals surface area contributed by atoms with Crippen LogP contribution in [-0.4, -0.2) is 34.3 Å². The molecule has 0 fully saturated rings. The Morgan fingerprint density at radius 3 is 2.00 bits per heavy atom. The van der Waals surface area contributed by atoms with Crippen LogP contribution in [0.3, 0.4) is 0 Å². The van der Waals surface area contributed by atoms with Crippen molar-refractivity contribution in [2.45, 2.75) is 0 Å². The average molecular weight is 191 g/mol. The maximum atomic E-state index is 8.90. The zero-order valence-electron chi connectivity index (χ0n) is 7.12. The lowest BCUT2D eigenvalue weighted by Crippen LogP contribution is -2.49. The predicted octanol–water partition coefficient (Wildman–Crippen LogP) is -3.08. The highest BCUT2D eigenvalue weighted by Crippen LogP contribution is 1.93. The van der Waals surface area contributed by atoms with E-state index >= 15 is 0 Å². The number of hydrogen-bond acceptors (Lipinski definition) is 5. The molecule has 0 bridgehead atoms. The van der Waals surface area contributed by atoms with E-state index in [1.807, 2.05) is 0 Å². The second kappa shape index (κ2) is 4.26. The average Bonchev–Trinajstić information content (AvgIpc) is 2.16. The second-order valence-electron chi connectivity index (χ2n) is 2.70. The van der Waals surface area contributed by atoms with Gasteiger partial charge < -0.3 is 20.1 Å². The lowest BCUT2D eigenvalue weighted by Gasteiger charge is -2.07. The molecule has 0 saturated carbocycles. The molecule has 0 saturated heterocycles. The minimum absolute atomic E-state index is 0.0287. The van der Waals surface area contributed by atoms with Gasteiger partial charge in [0.1, 0.15) is 0 Å². The number of nitrogens with zero attached hydrogens (tertiary/aromatic N) is 1. The van der Waals surface area contributed by atoms with Gasteiger partial charge in [-0.25, -0.2) is 0 Å². The Hall–Kier alpha value is -1.32. The summed E-state index contributed by atoms with van der Waals surface area (Å²) in [4.78, 5) is 0. The maximum absolute atomic E-state index is 8.90. The highest BCUT2D eigenvalue weighted by atomic mass is 16.4. The second-order valence-corrected chi connectivity index (χ2v) is 2.70. The van der Waals surface area contributed by atoms with Gasteiger partial charge >= 0.3 is 14.2 Å². The fraction of sp³-hybridized carbons (Fsp3) is 0. The smallest absolute Gasteiger partial charge is 0.423 e. The number of benzene rings is 1. The van der Waals surface area contributed by atoms with Gasteiger partial charge in [0.05, 0.1) is 11.6 Å². The van der Waals surface area contributed by atoms with Crippen molar-refractivity contribution >= 4 is 25.2 Å². The highest BCUT2D eigenvalue weighted by molar-refractivity contribution is 6.71. The van der Waals surface area contributed by atoms with E-state index < -0.39 is 14.2 Å². The van der Waals surface area contributed by atoms with Gasteiger partial charge in [-0.15, -0.1) is 0 Å². The zero-order chi connectivity index (χ0) is 10.7. The Labute approximate surface area is 81.2 Å². The summed E-state index contributed by atoms with van der Waals surface area (Å²) in [6.45, 7) is 0. The predicted molar refractivity (Wildman–Crippen MR) is 50.8 cm³/mol. The standard InChI is InChI=1S/C7H7B2NO4/c10-4-5-1-2-6(8(11)12)7(3-5)9(13)14/h1-3,11-14H. The van der Waals surface area contributed by atoms with Gasteiger partial charge in [-0.3, -0.25) is 0 Å². The number of nitriles is 1. The van der Waals surface area contributed by atoms with Crippen molar-refractivity contribution in [3.63, 3.8) is 0 Å².